The van der Waals surface area contributed by atoms with Crippen molar-refractivity contribution in [3.05, 3.63) is 83.4 Å². The van der Waals surface area contributed by atoms with Crippen LogP contribution in [0.4, 0.5) is 0 Å². The molecule has 0 unspecified atom stereocenters. The first-order chi connectivity index (χ1) is 15.1. The van der Waals surface area contributed by atoms with E-state index < -0.39 is 6.10 Å². The molecule has 0 radical (unpaired) electrons. The molecule has 7 nitrogen and oxygen atoms in total. The summed E-state index contributed by atoms with van der Waals surface area (Å²) in [6.45, 7) is 0.653. The van der Waals surface area contributed by atoms with E-state index >= 15 is 0 Å². The van der Waals surface area contributed by atoms with Crippen molar-refractivity contribution < 1.29 is 14.3 Å². The topological polar surface area (TPSA) is 93.2 Å². The quantitative estimate of drug-likeness (QED) is 0.640. The van der Waals surface area contributed by atoms with E-state index in [0.717, 1.165) is 16.7 Å². The van der Waals surface area contributed by atoms with E-state index in [1.54, 1.807) is 6.07 Å². The van der Waals surface area contributed by atoms with Crippen LogP contribution in [-0.2, 0) is 9.53 Å². The van der Waals surface area contributed by atoms with Gasteiger partial charge in [0.15, 0.2) is 6.10 Å². The first kappa shape index (κ1) is 21.0. The van der Waals surface area contributed by atoms with Crippen molar-refractivity contribution in [1.29, 1.82) is 0 Å². The Morgan fingerprint density at radius 1 is 1.10 bits per heavy atom. The van der Waals surface area contributed by atoms with Crippen LogP contribution in [0.25, 0.3) is 11.1 Å². The Morgan fingerprint density at radius 2 is 1.87 bits per heavy atom. The second-order valence-electron chi connectivity index (χ2n) is 7.16. The lowest BCUT2D eigenvalue weighted by atomic mass is 10.0. The van der Waals surface area contributed by atoms with Crippen LogP contribution in [0, 0.1) is 0 Å². The zero-order valence-electron chi connectivity index (χ0n) is 16.6. The number of benzene rings is 2. The number of ether oxygens (including phenoxy) is 1. The Morgan fingerprint density at radius 3 is 2.65 bits per heavy atom. The number of carbonyl (C=O) groups is 2. The molecule has 0 aliphatic carbocycles. The summed E-state index contributed by atoms with van der Waals surface area (Å²) in [5, 5.41) is 6.40. The highest BCUT2D eigenvalue weighted by Crippen LogP contribution is 2.27. The third-order valence-electron chi connectivity index (χ3n) is 4.98. The lowest BCUT2D eigenvalue weighted by Gasteiger charge is -2.17. The van der Waals surface area contributed by atoms with Crippen LogP contribution in [0.1, 0.15) is 28.7 Å². The molecule has 8 heteroatoms. The van der Waals surface area contributed by atoms with E-state index in [4.69, 9.17) is 16.3 Å². The van der Waals surface area contributed by atoms with Gasteiger partial charge in [0.25, 0.3) is 11.8 Å². The van der Waals surface area contributed by atoms with Gasteiger partial charge < -0.3 is 15.4 Å². The number of rotatable bonds is 5. The SMILES string of the molecule is O=C(NC[C@@H]1CCO[C@@H](c2cccc(-c3ccc(Cl)cc3)c2)C(=O)N1)c1ncccn1. The summed E-state index contributed by atoms with van der Waals surface area (Å²) in [6.07, 6.45) is 2.87. The van der Waals surface area contributed by atoms with Crippen LogP contribution < -0.4 is 10.6 Å². The molecule has 1 aliphatic rings. The summed E-state index contributed by atoms with van der Waals surface area (Å²) in [5.41, 5.74) is 2.75. The maximum atomic E-state index is 12.8. The van der Waals surface area contributed by atoms with E-state index in [-0.39, 0.29) is 30.2 Å². The van der Waals surface area contributed by atoms with Gasteiger partial charge in [0.2, 0.25) is 5.82 Å². The van der Waals surface area contributed by atoms with Gasteiger partial charge in [-0.2, -0.15) is 0 Å². The Hall–Kier alpha value is -3.29. The lowest BCUT2D eigenvalue weighted by Crippen LogP contribution is -2.44. The van der Waals surface area contributed by atoms with Crippen LogP contribution >= 0.6 is 11.6 Å². The second kappa shape index (κ2) is 9.68. The predicted octanol–water partition coefficient (Wildman–Crippen LogP) is 3.17. The highest BCUT2D eigenvalue weighted by molar-refractivity contribution is 6.30. The van der Waals surface area contributed by atoms with Gasteiger partial charge in [-0.05, 0) is 47.4 Å². The van der Waals surface area contributed by atoms with E-state index in [9.17, 15) is 9.59 Å². The van der Waals surface area contributed by atoms with Gasteiger partial charge >= 0.3 is 0 Å². The maximum absolute atomic E-state index is 12.8. The fourth-order valence-corrected chi connectivity index (χ4v) is 3.51. The molecule has 0 spiro atoms. The van der Waals surface area contributed by atoms with E-state index in [1.165, 1.54) is 12.4 Å². The van der Waals surface area contributed by atoms with Gasteiger partial charge in [0.05, 0.1) is 6.61 Å². The minimum Gasteiger partial charge on any atom is -0.364 e. The summed E-state index contributed by atoms with van der Waals surface area (Å²) in [7, 11) is 0. The summed E-state index contributed by atoms with van der Waals surface area (Å²) in [5.74, 6) is -0.524. The van der Waals surface area contributed by atoms with Crippen molar-refractivity contribution in [3.8, 4) is 11.1 Å². The number of amides is 2. The lowest BCUT2D eigenvalue weighted by molar-refractivity contribution is -0.131. The van der Waals surface area contributed by atoms with Gasteiger partial charge in [-0.15, -0.1) is 0 Å². The van der Waals surface area contributed by atoms with Crippen molar-refractivity contribution in [2.45, 2.75) is 18.6 Å². The molecule has 2 aromatic carbocycles. The van der Waals surface area contributed by atoms with Crippen LogP contribution in [0.3, 0.4) is 0 Å². The van der Waals surface area contributed by atoms with Crippen LogP contribution in [-0.4, -0.2) is 41.0 Å². The standard InChI is InChI=1S/C23H21ClN4O3/c24-18-7-5-15(6-8-18)16-3-1-4-17(13-16)20-22(29)28-19(9-12-31-20)14-27-23(30)21-25-10-2-11-26-21/h1-8,10-11,13,19-20H,9,12,14H2,(H,27,30)(H,28,29)/t19-,20-/m0/s1. The van der Waals surface area contributed by atoms with Gasteiger partial charge in [-0.1, -0.05) is 41.9 Å². The molecular formula is C23H21ClN4O3. The molecule has 158 valence electrons. The highest BCUT2D eigenvalue weighted by atomic mass is 35.5. The second-order valence-corrected chi connectivity index (χ2v) is 7.60. The van der Waals surface area contributed by atoms with Gasteiger partial charge in [-0.25, -0.2) is 9.97 Å². The van der Waals surface area contributed by atoms with Gasteiger partial charge in [-0.3, -0.25) is 9.59 Å². The Kier molecular flexibility index (Phi) is 6.54. The molecule has 3 aromatic rings. The molecular weight excluding hydrogens is 416 g/mol. The van der Waals surface area contributed by atoms with Crippen molar-refractivity contribution in [1.82, 2.24) is 20.6 Å². The molecule has 2 amide bonds. The molecule has 1 saturated heterocycles. The number of nitrogens with one attached hydrogen (secondary N) is 2. The zero-order chi connectivity index (χ0) is 21.6. The largest absolute Gasteiger partial charge is 0.364 e. The third kappa shape index (κ3) is 5.25. The van der Waals surface area contributed by atoms with Crippen LogP contribution in [0.15, 0.2) is 67.0 Å². The van der Waals surface area contributed by atoms with Crippen molar-refractivity contribution in [2.75, 3.05) is 13.2 Å². The van der Waals surface area contributed by atoms with Gasteiger partial charge in [0, 0.05) is 30.0 Å². The summed E-state index contributed by atoms with van der Waals surface area (Å²) in [4.78, 5) is 32.8. The molecule has 0 saturated carbocycles. The molecule has 1 aliphatic heterocycles. The number of aromatic nitrogens is 2. The van der Waals surface area contributed by atoms with E-state index in [1.807, 2.05) is 48.5 Å². The monoisotopic (exact) mass is 436 g/mol. The highest BCUT2D eigenvalue weighted by Gasteiger charge is 2.28. The fourth-order valence-electron chi connectivity index (χ4n) is 3.39. The fraction of sp³-hybridized carbons (Fsp3) is 0.217. The first-order valence-corrected chi connectivity index (χ1v) is 10.3. The average molecular weight is 437 g/mol. The summed E-state index contributed by atoms with van der Waals surface area (Å²) >= 11 is 5.98. The van der Waals surface area contributed by atoms with Crippen molar-refractivity contribution >= 4 is 23.4 Å². The molecule has 2 N–H and O–H groups in total. The number of nitrogens with zero attached hydrogens (tertiary/aromatic N) is 2. The van der Waals surface area contributed by atoms with Crippen molar-refractivity contribution in [3.63, 3.8) is 0 Å². The van der Waals surface area contributed by atoms with E-state index in [0.29, 0.717) is 18.1 Å². The smallest absolute Gasteiger partial charge is 0.289 e. The van der Waals surface area contributed by atoms with E-state index in [2.05, 4.69) is 20.6 Å². The Labute approximate surface area is 184 Å². The molecule has 1 fully saturated rings. The van der Waals surface area contributed by atoms with Crippen LogP contribution in [0.2, 0.25) is 5.02 Å². The Balaban J connectivity index is 1.41. The minimum absolute atomic E-state index is 0.0931. The Bertz CT molecular complexity index is 1060. The summed E-state index contributed by atoms with van der Waals surface area (Å²) in [6, 6.07) is 16.6. The number of halogens is 1. The molecule has 0 bridgehead atoms. The predicted molar refractivity (Wildman–Crippen MR) is 116 cm³/mol. The van der Waals surface area contributed by atoms with Crippen LogP contribution in [0.5, 0.6) is 0 Å². The number of hydrogen-bond acceptors (Lipinski definition) is 5. The first-order valence-electron chi connectivity index (χ1n) is 9.93. The third-order valence-corrected chi connectivity index (χ3v) is 5.23. The molecule has 2 heterocycles. The maximum Gasteiger partial charge on any atom is 0.289 e. The zero-order valence-corrected chi connectivity index (χ0v) is 17.4. The van der Waals surface area contributed by atoms with Crippen molar-refractivity contribution in [2.24, 2.45) is 0 Å². The normalized spacial score (nSPS) is 18.7. The molecule has 31 heavy (non-hydrogen) atoms. The minimum atomic E-state index is -0.717. The number of carbonyl (C=O) groups excluding carboxylic acids is 2. The van der Waals surface area contributed by atoms with Gasteiger partial charge in [0.1, 0.15) is 0 Å². The summed E-state index contributed by atoms with van der Waals surface area (Å²) < 4.78 is 5.86. The average Bonchev–Trinajstić information content (AvgIpc) is 2.99. The molecule has 1 aromatic heterocycles. The number of hydrogen-bond donors (Lipinski definition) is 2. The molecule has 4 rings (SSSR count). The molecule has 2 atom stereocenters.